The molecular weight excluding hydrogens is 184 g/mol. The van der Waals surface area contributed by atoms with Crippen molar-refractivity contribution in [1.29, 1.82) is 0 Å². The van der Waals surface area contributed by atoms with Gasteiger partial charge in [-0.25, -0.2) is 0 Å². The van der Waals surface area contributed by atoms with Crippen LogP contribution in [-0.2, 0) is 9.53 Å². The molecule has 0 saturated heterocycles. The zero-order chi connectivity index (χ0) is 9.52. The van der Waals surface area contributed by atoms with Gasteiger partial charge in [0, 0.05) is 13.3 Å². The fraction of sp³-hybridized carbons (Fsp3) is 0.300. The zero-order valence-corrected chi connectivity index (χ0v) is 8.19. The average molecular weight is 194 g/mol. The summed E-state index contributed by atoms with van der Waals surface area (Å²) in [7, 11) is 0. The minimum Gasteiger partial charge on any atom is -0.465 e. The summed E-state index contributed by atoms with van der Waals surface area (Å²) in [5.41, 5.74) is 0. The molecule has 0 aliphatic heterocycles. The van der Waals surface area contributed by atoms with Crippen molar-refractivity contribution in [2.75, 3.05) is 6.61 Å². The van der Waals surface area contributed by atoms with Gasteiger partial charge in [-0.2, -0.15) is 0 Å². The summed E-state index contributed by atoms with van der Waals surface area (Å²) in [5, 5.41) is 1.98. The Morgan fingerprint density at radius 1 is 1.69 bits per heavy atom. The van der Waals surface area contributed by atoms with Crippen LogP contribution in [0.25, 0.3) is 0 Å². The number of ether oxygens (including phenoxy) is 1. The lowest BCUT2D eigenvalue weighted by Crippen LogP contribution is -1.98. The molecule has 0 N–H and O–H groups in total. The molecule has 0 saturated carbocycles. The Kier molecular flexibility index (Phi) is 4.07. The highest BCUT2D eigenvalue weighted by molar-refractivity contribution is 7.10. The predicted octanol–water partition coefficient (Wildman–Crippen LogP) is 2.05. The molecule has 1 aromatic heterocycles. The highest BCUT2D eigenvalue weighted by Gasteiger charge is 1.89. The fourth-order valence-electron chi connectivity index (χ4n) is 0.745. The summed E-state index contributed by atoms with van der Waals surface area (Å²) in [4.78, 5) is 11.4. The predicted molar refractivity (Wildman–Crippen MR) is 52.4 cm³/mol. The van der Waals surface area contributed by atoms with Crippen molar-refractivity contribution >= 4 is 17.3 Å². The van der Waals surface area contributed by atoms with Crippen LogP contribution in [0.5, 0.6) is 0 Å². The third-order valence-electron chi connectivity index (χ3n) is 1.27. The zero-order valence-electron chi connectivity index (χ0n) is 7.37. The highest BCUT2D eigenvalue weighted by atomic mass is 32.1. The van der Waals surface area contributed by atoms with Gasteiger partial charge in [-0.05, 0) is 11.4 Å². The van der Waals surface area contributed by atoms with E-state index < -0.39 is 0 Å². The first-order chi connectivity index (χ1) is 6.29. The second-order valence-electron chi connectivity index (χ2n) is 2.37. The van der Waals surface area contributed by atoms with E-state index in [1.807, 2.05) is 17.5 Å². The number of hydrogen-bond acceptors (Lipinski definition) is 3. The van der Waals surface area contributed by atoms with Crippen LogP contribution in [0.4, 0.5) is 0 Å². The summed E-state index contributed by atoms with van der Waals surface area (Å²) < 4.78 is 4.72. The summed E-state index contributed by atoms with van der Waals surface area (Å²) in [6, 6.07) is 3.92. The highest BCUT2D eigenvalue weighted by Crippen LogP contribution is 2.05. The van der Waals surface area contributed by atoms with Crippen LogP contribution in [0.1, 0.15) is 18.2 Å². The van der Waals surface area contributed by atoms with Gasteiger partial charge in [-0.3, -0.25) is 4.79 Å². The normalized spacial score (nSPS) is 8.69. The Hall–Kier alpha value is -1.27. The Morgan fingerprint density at radius 2 is 2.54 bits per heavy atom. The van der Waals surface area contributed by atoms with Gasteiger partial charge in [0.2, 0.25) is 0 Å². The van der Waals surface area contributed by atoms with E-state index >= 15 is 0 Å². The number of carbonyl (C=O) groups is 1. The molecule has 0 spiro atoms. The van der Waals surface area contributed by atoms with Crippen LogP contribution in [0.2, 0.25) is 0 Å². The molecule has 1 aromatic rings. The summed E-state index contributed by atoms with van der Waals surface area (Å²) >= 11 is 1.61. The van der Waals surface area contributed by atoms with Crippen molar-refractivity contribution < 1.29 is 9.53 Å². The SMILES string of the molecule is CC(=O)OCCC#Cc1cccs1. The maximum atomic E-state index is 10.4. The van der Waals surface area contributed by atoms with Crippen molar-refractivity contribution in [2.45, 2.75) is 13.3 Å². The molecule has 1 heterocycles. The number of hydrogen-bond donors (Lipinski definition) is 0. The number of carbonyl (C=O) groups excluding carboxylic acids is 1. The van der Waals surface area contributed by atoms with Gasteiger partial charge in [0.1, 0.15) is 6.61 Å². The monoisotopic (exact) mass is 194 g/mol. The van der Waals surface area contributed by atoms with Gasteiger partial charge in [0.05, 0.1) is 4.88 Å². The van der Waals surface area contributed by atoms with E-state index in [0.717, 1.165) is 4.88 Å². The molecule has 0 fully saturated rings. The van der Waals surface area contributed by atoms with Crippen molar-refractivity contribution in [1.82, 2.24) is 0 Å². The number of thiophene rings is 1. The molecule has 0 aliphatic carbocycles. The van der Waals surface area contributed by atoms with Gasteiger partial charge in [0.25, 0.3) is 0 Å². The maximum Gasteiger partial charge on any atom is 0.302 e. The van der Waals surface area contributed by atoms with E-state index in [2.05, 4.69) is 11.8 Å². The lowest BCUT2D eigenvalue weighted by Gasteiger charge is -1.94. The maximum absolute atomic E-state index is 10.4. The minimum absolute atomic E-state index is 0.252. The van der Waals surface area contributed by atoms with E-state index in [-0.39, 0.29) is 5.97 Å². The van der Waals surface area contributed by atoms with E-state index in [0.29, 0.717) is 13.0 Å². The third kappa shape index (κ3) is 4.34. The van der Waals surface area contributed by atoms with Crippen LogP contribution < -0.4 is 0 Å². The standard InChI is InChI=1S/C10H10O2S/c1-9(11)12-7-3-2-5-10-6-4-8-13-10/h4,6,8H,3,7H2,1H3. The Bertz CT molecular complexity index is 316. The van der Waals surface area contributed by atoms with Crippen LogP contribution in [0.15, 0.2) is 17.5 Å². The van der Waals surface area contributed by atoms with E-state index in [9.17, 15) is 4.79 Å². The second kappa shape index (κ2) is 5.39. The molecule has 3 heteroatoms. The first-order valence-corrected chi connectivity index (χ1v) is 4.83. The number of rotatable bonds is 2. The molecule has 0 aliphatic rings. The molecule has 13 heavy (non-hydrogen) atoms. The smallest absolute Gasteiger partial charge is 0.302 e. The lowest BCUT2D eigenvalue weighted by atomic mass is 10.4. The molecule has 0 unspecified atom stereocenters. The minimum atomic E-state index is -0.252. The Labute approximate surface area is 81.5 Å². The van der Waals surface area contributed by atoms with Crippen LogP contribution in [0.3, 0.4) is 0 Å². The topological polar surface area (TPSA) is 26.3 Å². The van der Waals surface area contributed by atoms with E-state index in [1.165, 1.54) is 6.92 Å². The average Bonchev–Trinajstić information content (AvgIpc) is 2.55. The molecule has 0 amide bonds. The van der Waals surface area contributed by atoms with Crippen molar-refractivity contribution in [3.8, 4) is 11.8 Å². The molecular formula is C10H10O2S. The quantitative estimate of drug-likeness (QED) is 0.409. The Morgan fingerprint density at radius 3 is 3.15 bits per heavy atom. The summed E-state index contributed by atoms with van der Waals surface area (Å²) in [6.45, 7) is 1.78. The lowest BCUT2D eigenvalue weighted by molar-refractivity contribution is -0.140. The van der Waals surface area contributed by atoms with Crippen molar-refractivity contribution in [3.63, 3.8) is 0 Å². The first-order valence-electron chi connectivity index (χ1n) is 3.95. The molecule has 2 nitrogen and oxygen atoms in total. The van der Waals surface area contributed by atoms with Crippen LogP contribution in [0, 0.1) is 11.8 Å². The third-order valence-corrected chi connectivity index (χ3v) is 2.05. The van der Waals surface area contributed by atoms with Crippen molar-refractivity contribution in [2.24, 2.45) is 0 Å². The van der Waals surface area contributed by atoms with Gasteiger partial charge in [-0.1, -0.05) is 17.9 Å². The van der Waals surface area contributed by atoms with E-state index in [4.69, 9.17) is 4.74 Å². The Balaban J connectivity index is 2.22. The molecule has 0 aromatic carbocycles. The molecule has 0 radical (unpaired) electrons. The van der Waals surface area contributed by atoms with Gasteiger partial charge < -0.3 is 4.74 Å². The van der Waals surface area contributed by atoms with Crippen LogP contribution >= 0.6 is 11.3 Å². The molecule has 1 rings (SSSR count). The van der Waals surface area contributed by atoms with Gasteiger partial charge in [0.15, 0.2) is 0 Å². The van der Waals surface area contributed by atoms with Crippen LogP contribution in [-0.4, -0.2) is 12.6 Å². The summed E-state index contributed by atoms with van der Waals surface area (Å²) in [5.74, 6) is 5.65. The largest absolute Gasteiger partial charge is 0.465 e. The van der Waals surface area contributed by atoms with Crippen molar-refractivity contribution in [3.05, 3.63) is 22.4 Å². The fourth-order valence-corrected chi connectivity index (χ4v) is 1.34. The summed E-state index contributed by atoms with van der Waals surface area (Å²) in [6.07, 6.45) is 0.595. The van der Waals surface area contributed by atoms with Gasteiger partial charge in [-0.15, -0.1) is 11.3 Å². The first kappa shape index (κ1) is 9.82. The van der Waals surface area contributed by atoms with E-state index in [1.54, 1.807) is 11.3 Å². The molecule has 0 bridgehead atoms. The van der Waals surface area contributed by atoms with Gasteiger partial charge >= 0.3 is 5.97 Å². The number of esters is 1. The molecule has 68 valence electrons. The molecule has 0 atom stereocenters. The second-order valence-corrected chi connectivity index (χ2v) is 3.32.